The molecule has 1 N–H and O–H groups in total. The number of benzene rings is 2. The van der Waals surface area contributed by atoms with Crippen LogP contribution >= 0.6 is 0 Å². The largest absolute Gasteiger partial charge is 0.496 e. The lowest BCUT2D eigenvalue weighted by Crippen LogP contribution is -2.29. The molecule has 0 atom stereocenters. The van der Waals surface area contributed by atoms with Gasteiger partial charge in [-0.05, 0) is 30.7 Å². The third kappa shape index (κ3) is 3.59. The Kier molecular flexibility index (Phi) is 5.44. The van der Waals surface area contributed by atoms with Gasteiger partial charge in [-0.1, -0.05) is 19.1 Å². The van der Waals surface area contributed by atoms with Crippen LogP contribution in [-0.2, 0) is 17.9 Å². The summed E-state index contributed by atoms with van der Waals surface area (Å²) in [6.07, 6.45) is 0.776. The Balaban J connectivity index is 1.92. The van der Waals surface area contributed by atoms with Gasteiger partial charge >= 0.3 is 5.69 Å². The molecule has 9 nitrogen and oxygen atoms in total. The molecule has 0 saturated carbocycles. The summed E-state index contributed by atoms with van der Waals surface area (Å²) in [5, 5.41) is 13.8. The van der Waals surface area contributed by atoms with Gasteiger partial charge in [-0.15, -0.1) is 0 Å². The summed E-state index contributed by atoms with van der Waals surface area (Å²) < 4.78 is 7.98. The van der Waals surface area contributed by atoms with Crippen LogP contribution in [0.3, 0.4) is 0 Å². The van der Waals surface area contributed by atoms with Crippen LogP contribution in [0.5, 0.6) is 5.75 Å². The van der Waals surface area contributed by atoms with Gasteiger partial charge < -0.3 is 10.1 Å². The van der Waals surface area contributed by atoms with Gasteiger partial charge in [0.15, 0.2) is 0 Å². The van der Waals surface area contributed by atoms with E-state index in [9.17, 15) is 19.7 Å². The Hall–Kier alpha value is -3.62. The predicted octanol–water partition coefficient (Wildman–Crippen LogP) is 2.77. The molecular weight excluding hydrogens is 364 g/mol. The summed E-state index contributed by atoms with van der Waals surface area (Å²) in [5.41, 5.74) is 0.856. The van der Waals surface area contributed by atoms with Gasteiger partial charge in [0.05, 0.1) is 29.1 Å². The number of para-hydroxylation sites is 2. The summed E-state index contributed by atoms with van der Waals surface area (Å²) >= 11 is 0. The molecule has 0 unspecified atom stereocenters. The number of amides is 1. The molecule has 1 amide bonds. The predicted molar refractivity (Wildman–Crippen MR) is 105 cm³/mol. The lowest BCUT2D eigenvalue weighted by Gasteiger charge is -2.08. The van der Waals surface area contributed by atoms with Gasteiger partial charge in [0, 0.05) is 6.54 Å². The molecule has 0 fully saturated rings. The molecule has 0 aliphatic heterocycles. The number of ether oxygens (including phenoxy) is 1. The first-order chi connectivity index (χ1) is 13.5. The number of nitrogens with one attached hydrogen (secondary N) is 1. The summed E-state index contributed by atoms with van der Waals surface area (Å²) in [6, 6.07) is 11.4. The number of nitro groups is 1. The number of aromatic nitrogens is 2. The number of imidazole rings is 1. The van der Waals surface area contributed by atoms with Gasteiger partial charge in [0.1, 0.15) is 18.0 Å². The maximum atomic E-state index is 12.7. The van der Waals surface area contributed by atoms with E-state index < -0.39 is 10.8 Å². The third-order valence-corrected chi connectivity index (χ3v) is 4.35. The number of nitrogens with zero attached hydrogens (tertiary/aromatic N) is 3. The van der Waals surface area contributed by atoms with E-state index in [1.807, 2.05) is 19.1 Å². The third-order valence-electron chi connectivity index (χ3n) is 4.35. The number of methoxy groups -OCH3 is 1. The van der Waals surface area contributed by atoms with Crippen LogP contribution in [0, 0.1) is 10.1 Å². The van der Waals surface area contributed by atoms with E-state index in [-0.39, 0.29) is 23.6 Å². The zero-order valence-electron chi connectivity index (χ0n) is 15.5. The molecule has 1 aromatic heterocycles. The highest BCUT2D eigenvalue weighted by atomic mass is 16.6. The number of anilines is 1. The molecule has 3 rings (SSSR count). The van der Waals surface area contributed by atoms with Gasteiger partial charge in [-0.2, -0.15) is 0 Å². The van der Waals surface area contributed by atoms with Crippen LogP contribution in [-0.4, -0.2) is 27.1 Å². The Morgan fingerprint density at radius 2 is 1.86 bits per heavy atom. The van der Waals surface area contributed by atoms with E-state index in [1.54, 1.807) is 16.7 Å². The minimum absolute atomic E-state index is 0.0427. The van der Waals surface area contributed by atoms with E-state index in [0.717, 1.165) is 11.9 Å². The first-order valence-electron chi connectivity index (χ1n) is 8.76. The van der Waals surface area contributed by atoms with Gasteiger partial charge in [0.2, 0.25) is 5.91 Å². The monoisotopic (exact) mass is 384 g/mol. The lowest BCUT2D eigenvalue weighted by atomic mass is 10.2. The number of carbonyl (C=O) groups is 1. The Labute approximate surface area is 160 Å². The van der Waals surface area contributed by atoms with Gasteiger partial charge in [-0.25, -0.2) is 4.79 Å². The number of hydrogen-bond acceptors (Lipinski definition) is 5. The molecule has 0 aliphatic carbocycles. The Morgan fingerprint density at radius 3 is 2.46 bits per heavy atom. The van der Waals surface area contributed by atoms with Crippen molar-refractivity contribution in [2.45, 2.75) is 26.4 Å². The fraction of sp³-hybridized carbons (Fsp3) is 0.263. The molecule has 1 heterocycles. The summed E-state index contributed by atoms with van der Waals surface area (Å²) in [6.45, 7) is 2.26. The first kappa shape index (κ1) is 19.2. The maximum Gasteiger partial charge on any atom is 0.329 e. The quantitative estimate of drug-likeness (QED) is 0.498. The molecule has 0 bridgehead atoms. The van der Waals surface area contributed by atoms with Crippen LogP contribution in [0.15, 0.2) is 47.3 Å². The molecule has 0 aliphatic rings. The number of fused-ring (bicyclic) bond motifs is 1. The fourth-order valence-electron chi connectivity index (χ4n) is 3.09. The standard InChI is InChI=1S/C19H20N4O5/c1-3-10-21-15-6-4-5-7-16(15)22(19(21)25)12-18(24)20-14-9-8-13(28-2)11-17(14)23(26)27/h4-9,11H,3,10,12H2,1-2H3,(H,20,24). The van der Waals surface area contributed by atoms with E-state index in [0.29, 0.717) is 17.8 Å². The van der Waals surface area contributed by atoms with E-state index >= 15 is 0 Å². The lowest BCUT2D eigenvalue weighted by molar-refractivity contribution is -0.384. The molecule has 28 heavy (non-hydrogen) atoms. The summed E-state index contributed by atoms with van der Waals surface area (Å²) in [5.74, 6) is -0.224. The molecule has 0 saturated heterocycles. The Bertz CT molecular complexity index is 1100. The molecular formula is C19H20N4O5. The zero-order valence-corrected chi connectivity index (χ0v) is 15.5. The summed E-state index contributed by atoms with van der Waals surface area (Å²) in [4.78, 5) is 36.0. The van der Waals surface area contributed by atoms with Crippen molar-refractivity contribution >= 4 is 28.3 Å². The van der Waals surface area contributed by atoms with Crippen molar-refractivity contribution < 1.29 is 14.5 Å². The molecule has 146 valence electrons. The highest BCUT2D eigenvalue weighted by Gasteiger charge is 2.19. The average Bonchev–Trinajstić information content (AvgIpc) is 2.94. The molecule has 0 spiro atoms. The van der Waals surface area contributed by atoms with Crippen molar-refractivity contribution in [1.82, 2.24) is 9.13 Å². The van der Waals surface area contributed by atoms with E-state index in [1.165, 1.54) is 29.9 Å². The second-order valence-electron chi connectivity index (χ2n) is 6.20. The topological polar surface area (TPSA) is 108 Å². The van der Waals surface area contributed by atoms with E-state index in [2.05, 4.69) is 5.32 Å². The van der Waals surface area contributed by atoms with E-state index in [4.69, 9.17) is 4.74 Å². The average molecular weight is 384 g/mol. The van der Waals surface area contributed by atoms with Crippen molar-refractivity contribution in [1.29, 1.82) is 0 Å². The van der Waals surface area contributed by atoms with Crippen LogP contribution in [0.1, 0.15) is 13.3 Å². The number of aryl methyl sites for hydroxylation is 1. The smallest absolute Gasteiger partial charge is 0.329 e. The highest BCUT2D eigenvalue weighted by Crippen LogP contribution is 2.29. The van der Waals surface area contributed by atoms with Crippen molar-refractivity contribution in [3.05, 3.63) is 63.1 Å². The first-order valence-corrected chi connectivity index (χ1v) is 8.76. The van der Waals surface area contributed by atoms with Crippen LogP contribution in [0.2, 0.25) is 0 Å². The van der Waals surface area contributed by atoms with Crippen LogP contribution in [0.25, 0.3) is 11.0 Å². The zero-order chi connectivity index (χ0) is 20.3. The van der Waals surface area contributed by atoms with Crippen molar-refractivity contribution in [3.8, 4) is 5.75 Å². The minimum Gasteiger partial charge on any atom is -0.496 e. The fourth-order valence-corrected chi connectivity index (χ4v) is 3.09. The van der Waals surface area contributed by atoms with Crippen molar-refractivity contribution in [3.63, 3.8) is 0 Å². The van der Waals surface area contributed by atoms with Crippen molar-refractivity contribution in [2.75, 3.05) is 12.4 Å². The number of hydrogen-bond donors (Lipinski definition) is 1. The van der Waals surface area contributed by atoms with Gasteiger partial charge in [0.25, 0.3) is 5.69 Å². The molecule has 2 aromatic carbocycles. The molecule has 0 radical (unpaired) electrons. The molecule has 9 heteroatoms. The second-order valence-corrected chi connectivity index (χ2v) is 6.20. The Morgan fingerprint density at radius 1 is 1.18 bits per heavy atom. The minimum atomic E-state index is -0.600. The summed E-state index contributed by atoms with van der Waals surface area (Å²) in [7, 11) is 1.40. The SMILES string of the molecule is CCCn1c(=O)n(CC(=O)Nc2ccc(OC)cc2[N+](=O)[O-])c2ccccc21. The highest BCUT2D eigenvalue weighted by molar-refractivity contribution is 5.94. The maximum absolute atomic E-state index is 12.7. The van der Waals surface area contributed by atoms with Gasteiger partial charge in [-0.3, -0.25) is 24.0 Å². The number of carbonyl (C=O) groups excluding carboxylic acids is 1. The number of rotatable bonds is 7. The number of nitro benzene ring substituents is 1. The van der Waals surface area contributed by atoms with Crippen LogP contribution < -0.4 is 15.7 Å². The normalized spacial score (nSPS) is 10.8. The van der Waals surface area contributed by atoms with Crippen molar-refractivity contribution in [2.24, 2.45) is 0 Å². The molecule has 3 aromatic rings. The van der Waals surface area contributed by atoms with Crippen LogP contribution in [0.4, 0.5) is 11.4 Å². The second kappa shape index (κ2) is 7.95.